The molecule has 2 atom stereocenters. The van der Waals surface area contributed by atoms with E-state index >= 15 is 0 Å². The lowest BCUT2D eigenvalue weighted by Crippen LogP contribution is -2.44. The normalized spacial score (nSPS) is 23.0. The van der Waals surface area contributed by atoms with Crippen LogP contribution in [-0.4, -0.2) is 50.0 Å². The van der Waals surface area contributed by atoms with Crippen molar-refractivity contribution in [2.45, 2.75) is 18.5 Å². The molecule has 2 aromatic carbocycles. The summed E-state index contributed by atoms with van der Waals surface area (Å²) in [5, 5.41) is 2.44. The van der Waals surface area contributed by atoms with Crippen LogP contribution >= 0.6 is 0 Å². The smallest absolute Gasteiger partial charge is 0.325 e. The zero-order valence-corrected chi connectivity index (χ0v) is 16.1. The fraction of sp³-hybridized carbons (Fsp3) is 0.333. The van der Waals surface area contributed by atoms with Gasteiger partial charge in [-0.15, -0.1) is 0 Å². The van der Waals surface area contributed by atoms with Gasteiger partial charge in [0.1, 0.15) is 19.3 Å². The van der Waals surface area contributed by atoms with Gasteiger partial charge in [0.15, 0.2) is 23.0 Å². The molecule has 2 aromatic rings. The highest BCUT2D eigenvalue weighted by Crippen LogP contribution is 2.49. The lowest BCUT2D eigenvalue weighted by atomic mass is 9.84. The number of carbonyl (C=O) groups excluding carboxylic acids is 2. The van der Waals surface area contributed by atoms with Crippen LogP contribution in [0, 0.1) is 0 Å². The summed E-state index contributed by atoms with van der Waals surface area (Å²) in [7, 11) is 1.55. The summed E-state index contributed by atoms with van der Waals surface area (Å²) in [5.41, 5.74) is 2.57. The molecule has 9 nitrogen and oxygen atoms in total. The molecular formula is C21H18N2O7. The number of fused-ring (bicyclic) bond motifs is 4. The van der Waals surface area contributed by atoms with Crippen molar-refractivity contribution in [2.24, 2.45) is 0 Å². The van der Waals surface area contributed by atoms with Crippen LogP contribution in [0.1, 0.15) is 22.7 Å². The van der Waals surface area contributed by atoms with Gasteiger partial charge in [-0.2, -0.15) is 0 Å². The number of amides is 3. The van der Waals surface area contributed by atoms with Gasteiger partial charge in [-0.3, -0.25) is 10.1 Å². The van der Waals surface area contributed by atoms with Crippen LogP contribution in [0.3, 0.4) is 0 Å². The molecule has 3 amide bonds. The van der Waals surface area contributed by atoms with Crippen LogP contribution in [0.5, 0.6) is 28.7 Å². The molecule has 4 aliphatic rings. The van der Waals surface area contributed by atoms with Crippen molar-refractivity contribution in [1.29, 1.82) is 0 Å². The number of ether oxygens (including phenoxy) is 5. The maximum atomic E-state index is 12.7. The maximum Gasteiger partial charge on any atom is 0.325 e. The summed E-state index contributed by atoms with van der Waals surface area (Å²) in [4.78, 5) is 26.8. The molecule has 0 unspecified atom stereocenters. The van der Waals surface area contributed by atoms with Crippen LogP contribution in [-0.2, 0) is 11.2 Å². The first kappa shape index (κ1) is 17.3. The number of rotatable bonds is 2. The van der Waals surface area contributed by atoms with Crippen molar-refractivity contribution in [3.63, 3.8) is 0 Å². The molecule has 1 saturated heterocycles. The minimum atomic E-state index is -0.603. The second-order valence-electron chi connectivity index (χ2n) is 7.48. The molecule has 1 fully saturated rings. The molecule has 0 saturated carbocycles. The van der Waals surface area contributed by atoms with E-state index in [1.165, 1.54) is 0 Å². The van der Waals surface area contributed by atoms with Gasteiger partial charge >= 0.3 is 6.03 Å². The van der Waals surface area contributed by atoms with Gasteiger partial charge in [0, 0.05) is 6.42 Å². The average molecular weight is 410 g/mol. The molecule has 0 aliphatic carbocycles. The highest BCUT2D eigenvalue weighted by molar-refractivity contribution is 6.05. The Balaban J connectivity index is 1.56. The van der Waals surface area contributed by atoms with E-state index < -0.39 is 18.1 Å². The van der Waals surface area contributed by atoms with Crippen LogP contribution in [0.4, 0.5) is 4.79 Å². The average Bonchev–Trinajstić information content (AvgIpc) is 3.34. The highest BCUT2D eigenvalue weighted by atomic mass is 16.7. The van der Waals surface area contributed by atoms with Gasteiger partial charge in [-0.1, -0.05) is 0 Å². The molecule has 6 rings (SSSR count). The van der Waals surface area contributed by atoms with Gasteiger partial charge in [0.05, 0.1) is 13.2 Å². The van der Waals surface area contributed by atoms with Crippen molar-refractivity contribution in [2.75, 3.05) is 27.1 Å². The van der Waals surface area contributed by atoms with E-state index in [0.717, 1.165) is 16.7 Å². The number of benzene rings is 2. The lowest BCUT2D eigenvalue weighted by Gasteiger charge is -2.38. The Morgan fingerprint density at radius 2 is 1.80 bits per heavy atom. The molecule has 0 spiro atoms. The topological polar surface area (TPSA) is 95.6 Å². The molecule has 0 aromatic heterocycles. The fourth-order valence-corrected chi connectivity index (χ4v) is 4.59. The molecule has 30 heavy (non-hydrogen) atoms. The molecule has 4 aliphatic heterocycles. The Morgan fingerprint density at radius 3 is 2.60 bits per heavy atom. The van der Waals surface area contributed by atoms with E-state index in [4.69, 9.17) is 23.7 Å². The first-order valence-electron chi connectivity index (χ1n) is 9.67. The maximum absolute atomic E-state index is 12.7. The van der Waals surface area contributed by atoms with Crippen LogP contribution in [0.25, 0.3) is 0 Å². The number of carbonyl (C=O) groups is 2. The van der Waals surface area contributed by atoms with E-state index in [2.05, 4.69) is 5.32 Å². The Bertz CT molecular complexity index is 1100. The lowest BCUT2D eigenvalue weighted by molar-refractivity contribution is -0.121. The Labute approximate surface area is 171 Å². The van der Waals surface area contributed by atoms with Crippen LogP contribution < -0.4 is 29.0 Å². The molecule has 0 radical (unpaired) electrons. The predicted molar refractivity (Wildman–Crippen MR) is 101 cm³/mol. The van der Waals surface area contributed by atoms with E-state index in [-0.39, 0.29) is 12.7 Å². The Kier molecular flexibility index (Phi) is 3.56. The molecule has 9 heteroatoms. The monoisotopic (exact) mass is 410 g/mol. The second kappa shape index (κ2) is 6.19. The van der Waals surface area contributed by atoms with Crippen molar-refractivity contribution in [3.05, 3.63) is 41.0 Å². The van der Waals surface area contributed by atoms with Crippen molar-refractivity contribution in [1.82, 2.24) is 10.2 Å². The van der Waals surface area contributed by atoms with Gasteiger partial charge in [0.2, 0.25) is 12.5 Å². The van der Waals surface area contributed by atoms with Crippen molar-refractivity contribution < 1.29 is 33.3 Å². The number of urea groups is 1. The fourth-order valence-electron chi connectivity index (χ4n) is 4.59. The SMILES string of the molecule is COc1cc([C@@H]2c3cc4c(cc3C[C@H]3C(=O)NC(=O)N23)OCCO4)cc2c1OCO2. The Hall–Kier alpha value is -3.62. The zero-order chi connectivity index (χ0) is 20.4. The van der Waals surface area contributed by atoms with Gasteiger partial charge in [-0.05, 0) is 41.0 Å². The van der Waals surface area contributed by atoms with Gasteiger partial charge < -0.3 is 28.6 Å². The van der Waals surface area contributed by atoms with E-state index in [1.807, 2.05) is 24.3 Å². The summed E-state index contributed by atoms with van der Waals surface area (Å²) >= 11 is 0. The number of nitrogens with one attached hydrogen (secondary N) is 1. The summed E-state index contributed by atoms with van der Waals surface area (Å²) in [5.74, 6) is 2.54. The first-order chi connectivity index (χ1) is 14.6. The van der Waals surface area contributed by atoms with Crippen LogP contribution in [0.15, 0.2) is 24.3 Å². The summed E-state index contributed by atoms with van der Waals surface area (Å²) in [6, 6.07) is 5.91. The van der Waals surface area contributed by atoms with Gasteiger partial charge in [-0.25, -0.2) is 4.79 Å². The summed E-state index contributed by atoms with van der Waals surface area (Å²) in [6.45, 7) is 1.03. The molecule has 1 N–H and O–H groups in total. The minimum absolute atomic E-state index is 0.0976. The van der Waals surface area contributed by atoms with E-state index in [0.29, 0.717) is 48.4 Å². The third kappa shape index (κ3) is 2.35. The van der Waals surface area contributed by atoms with E-state index in [9.17, 15) is 9.59 Å². The summed E-state index contributed by atoms with van der Waals surface area (Å²) < 4.78 is 28.1. The van der Waals surface area contributed by atoms with Crippen molar-refractivity contribution in [3.8, 4) is 28.7 Å². The quantitative estimate of drug-likeness (QED) is 0.754. The zero-order valence-electron chi connectivity index (χ0n) is 16.1. The predicted octanol–water partition coefficient (Wildman–Crippen LogP) is 1.76. The third-order valence-electron chi connectivity index (χ3n) is 5.89. The number of imide groups is 1. The number of hydrogen-bond acceptors (Lipinski definition) is 7. The van der Waals surface area contributed by atoms with Crippen LogP contribution in [0.2, 0.25) is 0 Å². The first-order valence-corrected chi connectivity index (χ1v) is 9.67. The minimum Gasteiger partial charge on any atom is -0.493 e. The summed E-state index contributed by atoms with van der Waals surface area (Å²) in [6.07, 6.45) is 0.404. The van der Waals surface area contributed by atoms with Crippen molar-refractivity contribution >= 4 is 11.9 Å². The number of methoxy groups -OCH3 is 1. The largest absolute Gasteiger partial charge is 0.493 e. The molecule has 0 bridgehead atoms. The number of hydrogen-bond donors (Lipinski definition) is 1. The standard InChI is InChI=1S/C21H18N2O7/c1-26-16-6-11(7-17-19(16)30-9-29-17)18-12-8-15-14(27-2-3-28-15)5-10(12)4-13-20(24)22-21(25)23(13)18/h5-8,13,18H,2-4,9H2,1H3,(H,22,24,25)/t13-,18+/m0/s1. The third-order valence-corrected chi connectivity index (χ3v) is 5.89. The number of nitrogens with zero attached hydrogens (tertiary/aromatic N) is 1. The Morgan fingerprint density at radius 1 is 1.00 bits per heavy atom. The highest BCUT2D eigenvalue weighted by Gasteiger charge is 2.48. The molecular weight excluding hydrogens is 392 g/mol. The second-order valence-corrected chi connectivity index (χ2v) is 7.48. The van der Waals surface area contributed by atoms with Gasteiger partial charge in [0.25, 0.3) is 5.91 Å². The van der Waals surface area contributed by atoms with E-state index in [1.54, 1.807) is 12.0 Å². The molecule has 4 heterocycles. The molecule has 154 valence electrons.